The summed E-state index contributed by atoms with van der Waals surface area (Å²) in [7, 11) is 0. The first-order chi connectivity index (χ1) is 8.74. The van der Waals surface area contributed by atoms with E-state index in [1.165, 1.54) is 38.5 Å². The molecular weight excluding hydrogens is 224 g/mol. The van der Waals surface area contributed by atoms with E-state index in [0.29, 0.717) is 5.92 Å². The van der Waals surface area contributed by atoms with Gasteiger partial charge in [0.1, 0.15) is 0 Å². The Kier molecular flexibility index (Phi) is 5.48. The average molecular weight is 252 g/mol. The van der Waals surface area contributed by atoms with E-state index in [2.05, 4.69) is 17.6 Å². The fourth-order valence-electron chi connectivity index (χ4n) is 3.44. The smallest absolute Gasteiger partial charge is 0.220 e. The van der Waals surface area contributed by atoms with Crippen molar-refractivity contribution in [1.82, 2.24) is 10.6 Å². The third kappa shape index (κ3) is 4.60. The molecule has 1 saturated carbocycles. The van der Waals surface area contributed by atoms with E-state index in [1.807, 2.05) is 0 Å². The topological polar surface area (TPSA) is 41.1 Å². The van der Waals surface area contributed by atoms with Crippen LogP contribution >= 0.6 is 0 Å². The molecule has 0 spiro atoms. The minimum atomic E-state index is 0.266. The predicted octanol–water partition coefficient (Wildman–Crippen LogP) is 2.32. The summed E-state index contributed by atoms with van der Waals surface area (Å²) in [6, 6.07) is 0. The van der Waals surface area contributed by atoms with E-state index in [4.69, 9.17) is 0 Å². The first kappa shape index (κ1) is 13.9. The molecular formula is C15H28N2O. The number of hydrogen-bond donors (Lipinski definition) is 2. The molecule has 1 aliphatic heterocycles. The monoisotopic (exact) mass is 252 g/mol. The Morgan fingerprint density at radius 1 is 1.22 bits per heavy atom. The van der Waals surface area contributed by atoms with Gasteiger partial charge in [-0.05, 0) is 56.5 Å². The molecule has 1 amide bonds. The number of carbonyl (C=O) groups is 1. The van der Waals surface area contributed by atoms with Crippen LogP contribution in [0, 0.1) is 17.8 Å². The summed E-state index contributed by atoms with van der Waals surface area (Å²) in [5.41, 5.74) is 0. The standard InChI is InChI=1S/C15H28N2O/c1-12-4-2-5-13(8-12)11-17-15(18)9-14-6-3-7-16-10-14/h12-14,16H,2-11H2,1H3,(H,17,18). The van der Waals surface area contributed by atoms with Crippen molar-refractivity contribution in [1.29, 1.82) is 0 Å². The highest BCUT2D eigenvalue weighted by atomic mass is 16.1. The lowest BCUT2D eigenvalue weighted by atomic mass is 9.82. The SMILES string of the molecule is CC1CCCC(CNC(=O)CC2CCCNC2)C1. The zero-order valence-corrected chi connectivity index (χ0v) is 11.7. The third-order valence-electron chi connectivity index (χ3n) is 4.51. The fraction of sp³-hybridized carbons (Fsp3) is 0.933. The van der Waals surface area contributed by atoms with Gasteiger partial charge in [0.15, 0.2) is 0 Å². The normalized spacial score (nSPS) is 33.1. The van der Waals surface area contributed by atoms with Gasteiger partial charge in [-0.2, -0.15) is 0 Å². The second kappa shape index (κ2) is 7.13. The molecule has 3 heteroatoms. The van der Waals surface area contributed by atoms with E-state index in [9.17, 15) is 4.79 Å². The number of hydrogen-bond acceptors (Lipinski definition) is 2. The molecule has 1 saturated heterocycles. The largest absolute Gasteiger partial charge is 0.356 e. The maximum absolute atomic E-state index is 11.9. The van der Waals surface area contributed by atoms with Crippen molar-refractivity contribution in [2.24, 2.45) is 17.8 Å². The van der Waals surface area contributed by atoms with Crippen molar-refractivity contribution in [3.05, 3.63) is 0 Å². The van der Waals surface area contributed by atoms with E-state index >= 15 is 0 Å². The molecule has 2 fully saturated rings. The van der Waals surface area contributed by atoms with Crippen LogP contribution in [-0.2, 0) is 4.79 Å². The second-order valence-electron chi connectivity index (χ2n) is 6.36. The Morgan fingerprint density at radius 2 is 2.06 bits per heavy atom. The fourth-order valence-corrected chi connectivity index (χ4v) is 3.44. The van der Waals surface area contributed by atoms with Crippen LogP contribution in [0.5, 0.6) is 0 Å². The van der Waals surface area contributed by atoms with Crippen molar-refractivity contribution in [3.8, 4) is 0 Å². The summed E-state index contributed by atoms with van der Waals surface area (Å²) < 4.78 is 0. The molecule has 2 aliphatic rings. The highest BCUT2D eigenvalue weighted by molar-refractivity contribution is 5.76. The molecule has 0 aromatic heterocycles. The van der Waals surface area contributed by atoms with Crippen LogP contribution < -0.4 is 10.6 Å². The number of amides is 1. The van der Waals surface area contributed by atoms with Crippen LogP contribution in [0.15, 0.2) is 0 Å². The lowest BCUT2D eigenvalue weighted by Crippen LogP contribution is -2.36. The Hall–Kier alpha value is -0.570. The average Bonchev–Trinajstić information content (AvgIpc) is 2.38. The lowest BCUT2D eigenvalue weighted by molar-refractivity contribution is -0.122. The van der Waals surface area contributed by atoms with E-state index < -0.39 is 0 Å². The van der Waals surface area contributed by atoms with Crippen LogP contribution in [-0.4, -0.2) is 25.5 Å². The van der Waals surface area contributed by atoms with Crippen molar-refractivity contribution in [2.45, 2.75) is 51.9 Å². The van der Waals surface area contributed by atoms with Crippen LogP contribution in [0.25, 0.3) is 0 Å². The highest BCUT2D eigenvalue weighted by Gasteiger charge is 2.20. The summed E-state index contributed by atoms with van der Waals surface area (Å²) in [5.74, 6) is 2.40. The summed E-state index contributed by atoms with van der Waals surface area (Å²) >= 11 is 0. The molecule has 1 heterocycles. The van der Waals surface area contributed by atoms with Crippen molar-refractivity contribution in [3.63, 3.8) is 0 Å². The summed E-state index contributed by atoms with van der Waals surface area (Å²) in [4.78, 5) is 11.9. The van der Waals surface area contributed by atoms with Gasteiger partial charge in [-0.3, -0.25) is 4.79 Å². The molecule has 3 atom stereocenters. The van der Waals surface area contributed by atoms with Crippen LogP contribution in [0.3, 0.4) is 0 Å². The maximum atomic E-state index is 11.9. The van der Waals surface area contributed by atoms with Gasteiger partial charge >= 0.3 is 0 Å². The van der Waals surface area contributed by atoms with Gasteiger partial charge in [0.05, 0.1) is 0 Å². The predicted molar refractivity (Wildman–Crippen MR) is 74.3 cm³/mol. The zero-order chi connectivity index (χ0) is 12.8. The maximum Gasteiger partial charge on any atom is 0.220 e. The Morgan fingerprint density at radius 3 is 2.78 bits per heavy atom. The molecule has 0 bridgehead atoms. The third-order valence-corrected chi connectivity index (χ3v) is 4.51. The quantitative estimate of drug-likeness (QED) is 0.806. The zero-order valence-electron chi connectivity index (χ0n) is 11.7. The molecule has 2 rings (SSSR count). The number of rotatable bonds is 4. The minimum Gasteiger partial charge on any atom is -0.356 e. The number of carbonyl (C=O) groups excluding carboxylic acids is 1. The van der Waals surface area contributed by atoms with E-state index in [-0.39, 0.29) is 5.91 Å². The number of piperidine rings is 1. The Bertz CT molecular complexity index is 261. The summed E-state index contributed by atoms with van der Waals surface area (Å²) in [5, 5.41) is 6.52. The van der Waals surface area contributed by atoms with Crippen LogP contribution in [0.1, 0.15) is 51.9 Å². The van der Waals surface area contributed by atoms with E-state index in [0.717, 1.165) is 37.9 Å². The van der Waals surface area contributed by atoms with Gasteiger partial charge in [-0.1, -0.05) is 19.8 Å². The Labute approximate surface area is 111 Å². The Balaban J connectivity index is 1.61. The van der Waals surface area contributed by atoms with Crippen LogP contribution in [0.4, 0.5) is 0 Å². The van der Waals surface area contributed by atoms with Crippen molar-refractivity contribution < 1.29 is 4.79 Å². The van der Waals surface area contributed by atoms with Gasteiger partial charge in [0.2, 0.25) is 5.91 Å². The van der Waals surface area contributed by atoms with Gasteiger partial charge in [0, 0.05) is 13.0 Å². The second-order valence-corrected chi connectivity index (χ2v) is 6.36. The molecule has 104 valence electrons. The van der Waals surface area contributed by atoms with Crippen molar-refractivity contribution >= 4 is 5.91 Å². The van der Waals surface area contributed by atoms with Gasteiger partial charge in [-0.25, -0.2) is 0 Å². The number of nitrogens with one attached hydrogen (secondary N) is 2. The van der Waals surface area contributed by atoms with Gasteiger partial charge in [-0.15, -0.1) is 0 Å². The molecule has 18 heavy (non-hydrogen) atoms. The lowest BCUT2D eigenvalue weighted by Gasteiger charge is -2.27. The molecule has 1 aliphatic carbocycles. The van der Waals surface area contributed by atoms with Crippen molar-refractivity contribution in [2.75, 3.05) is 19.6 Å². The van der Waals surface area contributed by atoms with Crippen LogP contribution in [0.2, 0.25) is 0 Å². The molecule has 3 nitrogen and oxygen atoms in total. The van der Waals surface area contributed by atoms with E-state index in [1.54, 1.807) is 0 Å². The van der Waals surface area contributed by atoms with Gasteiger partial charge < -0.3 is 10.6 Å². The molecule has 0 aromatic carbocycles. The minimum absolute atomic E-state index is 0.266. The summed E-state index contributed by atoms with van der Waals surface area (Å²) in [6.07, 6.45) is 8.46. The highest BCUT2D eigenvalue weighted by Crippen LogP contribution is 2.27. The molecule has 2 N–H and O–H groups in total. The molecule has 0 aromatic rings. The molecule has 0 radical (unpaired) electrons. The summed E-state index contributed by atoms with van der Waals surface area (Å²) in [6.45, 7) is 5.39. The first-order valence-electron chi connectivity index (χ1n) is 7.71. The molecule has 3 unspecified atom stereocenters. The van der Waals surface area contributed by atoms with Gasteiger partial charge in [0.25, 0.3) is 0 Å². The first-order valence-corrected chi connectivity index (χ1v) is 7.71.